The highest BCUT2D eigenvalue weighted by Crippen LogP contribution is 2.33. The van der Waals surface area contributed by atoms with E-state index in [1.165, 1.54) is 18.2 Å². The third kappa shape index (κ3) is 2.90. The van der Waals surface area contributed by atoms with E-state index in [1.807, 2.05) is 6.92 Å². The highest BCUT2D eigenvalue weighted by Gasteiger charge is 2.18. The van der Waals surface area contributed by atoms with E-state index in [2.05, 4.69) is 20.5 Å². The molecule has 24 heavy (non-hydrogen) atoms. The van der Waals surface area contributed by atoms with Crippen LogP contribution in [-0.4, -0.2) is 15.2 Å². The minimum atomic E-state index is -1.15. The van der Waals surface area contributed by atoms with Gasteiger partial charge in [0.25, 0.3) is 0 Å². The number of benzene rings is 2. The van der Waals surface area contributed by atoms with Gasteiger partial charge in [0.05, 0.1) is 11.4 Å². The number of aromatic nitrogens is 3. The summed E-state index contributed by atoms with van der Waals surface area (Å²) in [6.45, 7) is 1.89. The number of hydrogen-bond acceptors (Lipinski definition) is 4. The Morgan fingerprint density at radius 1 is 1.12 bits per heavy atom. The molecule has 0 bridgehead atoms. The minimum Gasteiger partial charge on any atom is -0.366 e. The summed E-state index contributed by atoms with van der Waals surface area (Å²) in [6.07, 6.45) is 0.661. The van der Waals surface area contributed by atoms with E-state index < -0.39 is 17.5 Å². The average Bonchev–Trinajstić information content (AvgIpc) is 2.99. The number of rotatable bonds is 4. The van der Waals surface area contributed by atoms with Crippen molar-refractivity contribution in [1.29, 1.82) is 0 Å². The van der Waals surface area contributed by atoms with Gasteiger partial charge in [-0.05, 0) is 36.2 Å². The Hall–Kier alpha value is -3.03. The molecule has 0 aliphatic carbocycles. The first-order chi connectivity index (χ1) is 11.5. The van der Waals surface area contributed by atoms with Crippen molar-refractivity contribution in [2.45, 2.75) is 13.3 Å². The van der Waals surface area contributed by atoms with E-state index in [4.69, 9.17) is 5.73 Å². The van der Waals surface area contributed by atoms with Crippen molar-refractivity contribution in [2.24, 2.45) is 0 Å². The number of nitrogen functional groups attached to an aromatic ring is 1. The van der Waals surface area contributed by atoms with Crippen LogP contribution in [0.4, 0.5) is 30.5 Å². The first kappa shape index (κ1) is 15.9. The van der Waals surface area contributed by atoms with Gasteiger partial charge in [-0.2, -0.15) is 4.98 Å². The van der Waals surface area contributed by atoms with Crippen LogP contribution in [0.3, 0.4) is 0 Å². The van der Waals surface area contributed by atoms with E-state index in [1.54, 1.807) is 6.07 Å². The fourth-order valence-electron chi connectivity index (χ4n) is 2.28. The molecule has 0 radical (unpaired) electrons. The van der Waals surface area contributed by atoms with Crippen LogP contribution in [0.15, 0.2) is 30.3 Å². The van der Waals surface area contributed by atoms with Gasteiger partial charge in [0.15, 0.2) is 17.5 Å². The number of nitrogens with one attached hydrogen (secondary N) is 2. The van der Waals surface area contributed by atoms with Gasteiger partial charge >= 0.3 is 0 Å². The molecule has 0 unspecified atom stereocenters. The molecule has 0 aliphatic heterocycles. The van der Waals surface area contributed by atoms with E-state index in [-0.39, 0.29) is 28.7 Å². The lowest BCUT2D eigenvalue weighted by molar-refractivity contribution is 0.512. The summed E-state index contributed by atoms with van der Waals surface area (Å²) in [5.41, 5.74) is 6.17. The maximum absolute atomic E-state index is 14.3. The molecule has 1 heterocycles. The standard InChI is InChI=1S/C16H14F3N5/c1-2-8-3-6-12(11(18)7-8)21-14-9(4-5-10(17)13(14)19)15-22-16(20)24-23-15/h3-7,21H,2H2,1H3,(H3,20,22,23,24). The maximum Gasteiger partial charge on any atom is 0.239 e. The smallest absolute Gasteiger partial charge is 0.239 e. The SMILES string of the molecule is CCc1ccc(Nc2c(-c3nc(N)n[nH]3)ccc(F)c2F)c(F)c1. The van der Waals surface area contributed by atoms with Crippen molar-refractivity contribution >= 4 is 17.3 Å². The van der Waals surface area contributed by atoms with Gasteiger partial charge in [-0.3, -0.25) is 5.10 Å². The molecule has 1 aromatic heterocycles. The largest absolute Gasteiger partial charge is 0.366 e. The maximum atomic E-state index is 14.3. The zero-order chi connectivity index (χ0) is 17.3. The van der Waals surface area contributed by atoms with Crippen molar-refractivity contribution < 1.29 is 13.2 Å². The predicted octanol–water partition coefficient (Wildman–Crippen LogP) is 3.78. The number of anilines is 3. The number of nitrogens with two attached hydrogens (primary N) is 1. The van der Waals surface area contributed by atoms with Gasteiger partial charge in [0, 0.05) is 5.56 Å². The summed E-state index contributed by atoms with van der Waals surface area (Å²) in [4.78, 5) is 3.89. The monoisotopic (exact) mass is 333 g/mol. The number of nitrogens with zero attached hydrogens (tertiary/aromatic N) is 2. The summed E-state index contributed by atoms with van der Waals surface area (Å²) >= 11 is 0. The van der Waals surface area contributed by atoms with Gasteiger partial charge in [-0.25, -0.2) is 13.2 Å². The fraction of sp³-hybridized carbons (Fsp3) is 0.125. The summed E-state index contributed by atoms with van der Waals surface area (Å²) in [7, 11) is 0. The van der Waals surface area contributed by atoms with E-state index in [9.17, 15) is 13.2 Å². The highest BCUT2D eigenvalue weighted by atomic mass is 19.2. The lowest BCUT2D eigenvalue weighted by Gasteiger charge is -2.13. The van der Waals surface area contributed by atoms with Crippen LogP contribution in [-0.2, 0) is 6.42 Å². The summed E-state index contributed by atoms with van der Waals surface area (Å²) < 4.78 is 42.0. The number of halogens is 3. The van der Waals surface area contributed by atoms with Crippen LogP contribution in [0.1, 0.15) is 12.5 Å². The number of aryl methyl sites for hydroxylation is 1. The van der Waals surface area contributed by atoms with Crippen LogP contribution in [0.2, 0.25) is 0 Å². The lowest BCUT2D eigenvalue weighted by atomic mass is 10.1. The Balaban J connectivity index is 2.08. The Bertz CT molecular complexity index is 891. The molecule has 0 fully saturated rings. The van der Waals surface area contributed by atoms with Crippen molar-refractivity contribution in [1.82, 2.24) is 15.2 Å². The highest BCUT2D eigenvalue weighted by molar-refractivity contribution is 5.78. The Labute approximate surface area is 135 Å². The van der Waals surface area contributed by atoms with Crippen LogP contribution >= 0.6 is 0 Å². The molecule has 2 aromatic carbocycles. The third-order valence-electron chi connectivity index (χ3n) is 3.55. The fourth-order valence-corrected chi connectivity index (χ4v) is 2.28. The van der Waals surface area contributed by atoms with Gasteiger partial charge in [0.1, 0.15) is 5.82 Å². The molecule has 4 N–H and O–H groups in total. The summed E-state index contributed by atoms with van der Waals surface area (Å²) in [5, 5.41) is 8.77. The summed E-state index contributed by atoms with van der Waals surface area (Å²) in [5.74, 6) is -2.69. The second kappa shape index (κ2) is 6.23. The first-order valence-electron chi connectivity index (χ1n) is 7.21. The molecule has 8 heteroatoms. The van der Waals surface area contributed by atoms with Gasteiger partial charge in [-0.1, -0.05) is 13.0 Å². The first-order valence-corrected chi connectivity index (χ1v) is 7.21. The van der Waals surface area contributed by atoms with Crippen LogP contribution in [0.25, 0.3) is 11.4 Å². The number of hydrogen-bond donors (Lipinski definition) is 3. The zero-order valence-electron chi connectivity index (χ0n) is 12.7. The number of aromatic amines is 1. The lowest BCUT2D eigenvalue weighted by Crippen LogP contribution is -2.02. The predicted molar refractivity (Wildman–Crippen MR) is 85.2 cm³/mol. The topological polar surface area (TPSA) is 79.6 Å². The number of H-pyrrole nitrogens is 1. The van der Waals surface area contributed by atoms with Crippen LogP contribution < -0.4 is 11.1 Å². The molecule has 0 spiro atoms. The molecule has 5 nitrogen and oxygen atoms in total. The minimum absolute atomic E-state index is 0.0189. The van der Waals surface area contributed by atoms with E-state index in [0.717, 1.165) is 11.6 Å². The molecular formula is C16H14F3N5. The normalized spacial score (nSPS) is 10.8. The molecule has 3 aromatic rings. The molecular weight excluding hydrogens is 319 g/mol. The van der Waals surface area contributed by atoms with Gasteiger partial charge in [0.2, 0.25) is 5.95 Å². The molecule has 0 aliphatic rings. The molecule has 3 rings (SSSR count). The van der Waals surface area contributed by atoms with E-state index >= 15 is 0 Å². The molecule has 0 atom stereocenters. The summed E-state index contributed by atoms with van der Waals surface area (Å²) in [6, 6.07) is 6.77. The molecule has 0 saturated heterocycles. The van der Waals surface area contributed by atoms with Gasteiger partial charge < -0.3 is 11.1 Å². The molecule has 0 amide bonds. The van der Waals surface area contributed by atoms with Crippen molar-refractivity contribution in [3.63, 3.8) is 0 Å². The van der Waals surface area contributed by atoms with Crippen molar-refractivity contribution in [3.05, 3.63) is 53.3 Å². The van der Waals surface area contributed by atoms with Gasteiger partial charge in [-0.15, -0.1) is 5.10 Å². The quantitative estimate of drug-likeness (QED) is 0.679. The van der Waals surface area contributed by atoms with Crippen molar-refractivity contribution in [2.75, 3.05) is 11.1 Å². The van der Waals surface area contributed by atoms with E-state index in [0.29, 0.717) is 6.42 Å². The Kier molecular flexibility index (Phi) is 4.11. The molecule has 0 saturated carbocycles. The second-order valence-electron chi connectivity index (χ2n) is 5.12. The second-order valence-corrected chi connectivity index (χ2v) is 5.12. The van der Waals surface area contributed by atoms with Crippen LogP contribution in [0.5, 0.6) is 0 Å². The average molecular weight is 333 g/mol. The Morgan fingerprint density at radius 3 is 2.54 bits per heavy atom. The molecule has 124 valence electrons. The third-order valence-corrected chi connectivity index (χ3v) is 3.55. The zero-order valence-corrected chi connectivity index (χ0v) is 12.7. The van der Waals surface area contributed by atoms with Crippen LogP contribution in [0, 0.1) is 17.5 Å². The van der Waals surface area contributed by atoms with Crippen molar-refractivity contribution in [3.8, 4) is 11.4 Å². The Morgan fingerprint density at radius 2 is 1.92 bits per heavy atom.